The molecule has 30 heavy (non-hydrogen) atoms. The van der Waals surface area contributed by atoms with Crippen molar-refractivity contribution in [3.8, 4) is 11.8 Å². The van der Waals surface area contributed by atoms with Crippen molar-refractivity contribution in [2.75, 3.05) is 5.32 Å². The summed E-state index contributed by atoms with van der Waals surface area (Å²) < 4.78 is 42.0. The van der Waals surface area contributed by atoms with E-state index in [1.807, 2.05) is 13.0 Å². The topological polar surface area (TPSA) is 56.0 Å². The molecule has 3 aromatic carbocycles. The molecule has 0 amide bonds. The zero-order valence-corrected chi connectivity index (χ0v) is 16.6. The summed E-state index contributed by atoms with van der Waals surface area (Å²) in [5.41, 5.74) is 3.83. The van der Waals surface area contributed by atoms with Crippen molar-refractivity contribution in [2.24, 2.45) is 5.92 Å². The third kappa shape index (κ3) is 3.35. The van der Waals surface area contributed by atoms with Crippen LogP contribution in [0.5, 0.6) is 5.75 Å². The summed E-state index contributed by atoms with van der Waals surface area (Å²) in [4.78, 5) is 0. The standard InChI is InChI=1S/C24H21F3N2O/c1-13-10-16-6-9-20(24(25,26)27)23(22(16)14(2)19(13)12-28)29-21-5-3-4-15-11-17(30)7-8-18(15)21/h3-5,7-8,10-11,20,23,29-30H,6,9H2,1-2H3. The van der Waals surface area contributed by atoms with E-state index in [1.54, 1.807) is 37.3 Å². The molecule has 3 nitrogen and oxygen atoms in total. The average Bonchev–Trinajstić information content (AvgIpc) is 2.67. The maximum atomic E-state index is 14.0. The lowest BCUT2D eigenvalue weighted by Crippen LogP contribution is -2.37. The van der Waals surface area contributed by atoms with E-state index in [0.717, 1.165) is 21.9 Å². The number of nitrogens with one attached hydrogen (secondary N) is 1. The zero-order chi connectivity index (χ0) is 21.6. The summed E-state index contributed by atoms with van der Waals surface area (Å²) in [6.07, 6.45) is -4.05. The number of nitriles is 1. The number of phenolic OH excluding ortho intramolecular Hbond substituents is 1. The van der Waals surface area contributed by atoms with Gasteiger partial charge in [0, 0.05) is 11.1 Å². The second kappa shape index (κ2) is 7.24. The van der Waals surface area contributed by atoms with Gasteiger partial charge in [0.25, 0.3) is 0 Å². The van der Waals surface area contributed by atoms with Crippen LogP contribution in [0, 0.1) is 31.1 Å². The number of fused-ring (bicyclic) bond motifs is 2. The molecular weight excluding hydrogens is 389 g/mol. The molecule has 3 aromatic rings. The van der Waals surface area contributed by atoms with Crippen molar-refractivity contribution in [3.05, 3.63) is 70.3 Å². The first-order valence-corrected chi connectivity index (χ1v) is 9.78. The molecule has 0 aliphatic heterocycles. The summed E-state index contributed by atoms with van der Waals surface area (Å²) in [5.74, 6) is -1.47. The Morgan fingerprint density at radius 1 is 1.13 bits per heavy atom. The van der Waals surface area contributed by atoms with Gasteiger partial charge < -0.3 is 10.4 Å². The molecule has 0 spiro atoms. The third-order valence-corrected chi connectivity index (χ3v) is 6.06. The monoisotopic (exact) mass is 410 g/mol. The minimum absolute atomic E-state index is 0.00942. The van der Waals surface area contributed by atoms with Gasteiger partial charge in [0.05, 0.1) is 23.6 Å². The van der Waals surface area contributed by atoms with E-state index >= 15 is 0 Å². The Kier molecular flexibility index (Phi) is 4.85. The Labute approximate surface area is 172 Å². The van der Waals surface area contributed by atoms with Gasteiger partial charge in [-0.1, -0.05) is 18.2 Å². The van der Waals surface area contributed by atoms with Crippen LogP contribution < -0.4 is 5.32 Å². The van der Waals surface area contributed by atoms with Crippen molar-refractivity contribution in [3.63, 3.8) is 0 Å². The third-order valence-electron chi connectivity index (χ3n) is 6.06. The molecule has 2 unspecified atom stereocenters. The predicted octanol–water partition coefficient (Wildman–Crippen LogP) is 6.31. The van der Waals surface area contributed by atoms with Crippen molar-refractivity contribution >= 4 is 16.5 Å². The van der Waals surface area contributed by atoms with E-state index in [1.165, 1.54) is 6.07 Å². The second-order valence-corrected chi connectivity index (χ2v) is 7.90. The fraction of sp³-hybridized carbons (Fsp3) is 0.292. The molecule has 4 rings (SSSR count). The summed E-state index contributed by atoms with van der Waals surface area (Å²) in [7, 11) is 0. The highest BCUT2D eigenvalue weighted by Crippen LogP contribution is 2.47. The number of benzene rings is 3. The van der Waals surface area contributed by atoms with Crippen molar-refractivity contribution in [1.29, 1.82) is 5.26 Å². The summed E-state index contributed by atoms with van der Waals surface area (Å²) in [6, 6.07) is 13.1. The maximum absolute atomic E-state index is 14.0. The average molecular weight is 410 g/mol. The van der Waals surface area contributed by atoms with Crippen LogP contribution in [0.2, 0.25) is 0 Å². The molecule has 0 radical (unpaired) electrons. The SMILES string of the molecule is Cc1cc2c(c(C)c1C#N)C(Nc1cccc3cc(O)ccc13)C(C(F)(F)F)CC2. The molecule has 2 atom stereocenters. The molecule has 0 heterocycles. The van der Waals surface area contributed by atoms with Crippen LogP contribution in [0.3, 0.4) is 0 Å². The molecule has 0 saturated heterocycles. The first-order chi connectivity index (χ1) is 14.2. The highest BCUT2D eigenvalue weighted by atomic mass is 19.4. The summed E-state index contributed by atoms with van der Waals surface area (Å²) in [5, 5.41) is 23.9. The van der Waals surface area contributed by atoms with Crippen LogP contribution in [-0.4, -0.2) is 11.3 Å². The van der Waals surface area contributed by atoms with Gasteiger partial charge in [-0.25, -0.2) is 0 Å². The molecule has 2 N–H and O–H groups in total. The molecule has 0 aromatic heterocycles. The number of aromatic hydroxyl groups is 1. The number of phenols is 1. The molecule has 0 saturated carbocycles. The van der Waals surface area contributed by atoms with Crippen LogP contribution >= 0.6 is 0 Å². The number of nitrogens with zero attached hydrogens (tertiary/aromatic N) is 1. The van der Waals surface area contributed by atoms with E-state index in [9.17, 15) is 23.5 Å². The number of rotatable bonds is 2. The van der Waals surface area contributed by atoms with Gasteiger partial charge in [0.1, 0.15) is 5.75 Å². The van der Waals surface area contributed by atoms with Crippen LogP contribution in [0.4, 0.5) is 18.9 Å². The van der Waals surface area contributed by atoms with Crippen molar-refractivity contribution in [2.45, 2.75) is 38.9 Å². The highest BCUT2D eigenvalue weighted by molar-refractivity contribution is 5.94. The maximum Gasteiger partial charge on any atom is 0.394 e. The largest absolute Gasteiger partial charge is 0.508 e. The molecule has 1 aliphatic carbocycles. The normalized spacial score (nSPS) is 18.7. The highest BCUT2D eigenvalue weighted by Gasteiger charge is 2.48. The molecule has 0 fully saturated rings. The molecule has 154 valence electrons. The van der Waals surface area contributed by atoms with Gasteiger partial charge in [-0.05, 0) is 78.6 Å². The van der Waals surface area contributed by atoms with E-state index in [-0.39, 0.29) is 12.2 Å². The fourth-order valence-corrected chi connectivity index (χ4v) is 4.66. The van der Waals surface area contributed by atoms with Gasteiger partial charge in [-0.15, -0.1) is 0 Å². The van der Waals surface area contributed by atoms with E-state index in [4.69, 9.17) is 0 Å². The number of halogens is 3. The number of alkyl halides is 3. The van der Waals surface area contributed by atoms with Gasteiger partial charge in [-0.2, -0.15) is 18.4 Å². The first-order valence-electron chi connectivity index (χ1n) is 9.78. The van der Waals surface area contributed by atoms with Gasteiger partial charge in [-0.3, -0.25) is 0 Å². The quantitative estimate of drug-likeness (QED) is 0.520. The van der Waals surface area contributed by atoms with Crippen molar-refractivity contribution < 1.29 is 18.3 Å². The van der Waals surface area contributed by atoms with Crippen LogP contribution in [0.15, 0.2) is 42.5 Å². The number of hydrogen-bond donors (Lipinski definition) is 2. The Hall–Kier alpha value is -3.20. The summed E-state index contributed by atoms with van der Waals surface area (Å²) >= 11 is 0. The summed E-state index contributed by atoms with van der Waals surface area (Å²) in [6.45, 7) is 3.56. The smallest absolute Gasteiger partial charge is 0.394 e. The van der Waals surface area contributed by atoms with E-state index in [0.29, 0.717) is 28.8 Å². The first kappa shape index (κ1) is 20.1. The Morgan fingerprint density at radius 3 is 2.60 bits per heavy atom. The number of anilines is 1. The van der Waals surface area contributed by atoms with Crippen molar-refractivity contribution in [1.82, 2.24) is 0 Å². The lowest BCUT2D eigenvalue weighted by molar-refractivity contribution is -0.182. The van der Waals surface area contributed by atoms with E-state index < -0.39 is 18.1 Å². The number of aryl methyl sites for hydroxylation is 2. The van der Waals surface area contributed by atoms with Gasteiger partial charge in [0.15, 0.2) is 0 Å². The molecule has 6 heteroatoms. The van der Waals surface area contributed by atoms with Crippen LogP contribution in [-0.2, 0) is 6.42 Å². The zero-order valence-electron chi connectivity index (χ0n) is 16.6. The van der Waals surface area contributed by atoms with Gasteiger partial charge >= 0.3 is 6.18 Å². The Balaban J connectivity index is 1.90. The Bertz CT molecular complexity index is 1180. The van der Waals surface area contributed by atoms with Crippen LogP contribution in [0.25, 0.3) is 10.8 Å². The lowest BCUT2D eigenvalue weighted by atomic mass is 9.75. The van der Waals surface area contributed by atoms with Gasteiger partial charge in [0.2, 0.25) is 0 Å². The predicted molar refractivity (Wildman–Crippen MR) is 110 cm³/mol. The Morgan fingerprint density at radius 2 is 1.90 bits per heavy atom. The molecule has 1 aliphatic rings. The molecule has 0 bridgehead atoms. The molecular formula is C24H21F3N2O. The minimum atomic E-state index is -4.37. The van der Waals surface area contributed by atoms with Crippen LogP contribution in [0.1, 0.15) is 40.3 Å². The van der Waals surface area contributed by atoms with E-state index in [2.05, 4.69) is 11.4 Å². The number of hydrogen-bond acceptors (Lipinski definition) is 3. The lowest BCUT2D eigenvalue weighted by Gasteiger charge is -2.37. The second-order valence-electron chi connectivity index (χ2n) is 7.90. The minimum Gasteiger partial charge on any atom is -0.508 e. The fourth-order valence-electron chi connectivity index (χ4n) is 4.66.